The van der Waals surface area contributed by atoms with E-state index in [0.29, 0.717) is 21.2 Å². The largest absolute Gasteiger partial charge is 0.450 e. The zero-order valence-corrected chi connectivity index (χ0v) is 20.2. The third-order valence-corrected chi connectivity index (χ3v) is 6.62. The van der Waals surface area contributed by atoms with E-state index < -0.39 is 32.4 Å². The Morgan fingerprint density at radius 2 is 1.61 bits per heavy atom. The van der Waals surface area contributed by atoms with Crippen molar-refractivity contribution in [3.8, 4) is 11.5 Å². The third kappa shape index (κ3) is 5.33. The van der Waals surface area contributed by atoms with E-state index in [1.165, 1.54) is 18.2 Å². The van der Waals surface area contributed by atoms with Crippen LogP contribution < -0.4 is 4.74 Å². The van der Waals surface area contributed by atoms with E-state index in [1.54, 1.807) is 30.3 Å². The summed E-state index contributed by atoms with van der Waals surface area (Å²) >= 11 is 13.1. The highest BCUT2D eigenvalue weighted by Crippen LogP contribution is 2.37. The molecule has 182 valence electrons. The maximum absolute atomic E-state index is 12.8. The van der Waals surface area contributed by atoms with Gasteiger partial charge in [0, 0.05) is 21.7 Å². The summed E-state index contributed by atoms with van der Waals surface area (Å²) < 4.78 is 5.53. The van der Waals surface area contributed by atoms with Gasteiger partial charge in [-0.2, -0.15) is 0 Å². The van der Waals surface area contributed by atoms with Crippen molar-refractivity contribution in [2.45, 2.75) is 6.54 Å². The Balaban J connectivity index is 1.51. The summed E-state index contributed by atoms with van der Waals surface area (Å²) in [4.78, 5) is 47.2. The van der Waals surface area contributed by atoms with E-state index in [1.807, 2.05) is 0 Å². The third-order valence-electron chi connectivity index (χ3n) is 5.01. The number of amides is 2. The van der Waals surface area contributed by atoms with Gasteiger partial charge in [0.1, 0.15) is 5.75 Å². The van der Waals surface area contributed by atoms with Gasteiger partial charge in [-0.3, -0.25) is 34.7 Å². The van der Waals surface area contributed by atoms with Crippen molar-refractivity contribution in [1.82, 2.24) is 4.90 Å². The molecule has 0 unspecified atom stereocenters. The van der Waals surface area contributed by atoms with Gasteiger partial charge in [0.15, 0.2) is 0 Å². The fourth-order valence-electron chi connectivity index (χ4n) is 3.24. The lowest BCUT2D eigenvalue weighted by Crippen LogP contribution is -2.27. The van der Waals surface area contributed by atoms with Crippen LogP contribution >= 0.6 is 35.0 Å². The molecule has 10 nitrogen and oxygen atoms in total. The van der Waals surface area contributed by atoms with Crippen LogP contribution in [0.5, 0.6) is 11.5 Å². The molecule has 2 amide bonds. The first-order valence-corrected chi connectivity index (χ1v) is 11.6. The van der Waals surface area contributed by atoms with Crippen LogP contribution in [0.25, 0.3) is 6.08 Å². The van der Waals surface area contributed by atoms with Crippen LogP contribution in [0.1, 0.15) is 11.1 Å². The molecule has 1 aliphatic rings. The number of thioether (sulfide) groups is 1. The molecule has 0 saturated carbocycles. The van der Waals surface area contributed by atoms with Crippen molar-refractivity contribution in [1.29, 1.82) is 0 Å². The van der Waals surface area contributed by atoms with Crippen LogP contribution in [-0.4, -0.2) is 25.9 Å². The highest BCUT2D eigenvalue weighted by molar-refractivity contribution is 8.18. The minimum Gasteiger partial charge on any atom is -0.450 e. The van der Waals surface area contributed by atoms with E-state index in [9.17, 15) is 29.8 Å². The number of nitro groups is 2. The average Bonchev–Trinajstić information content (AvgIpc) is 3.09. The van der Waals surface area contributed by atoms with Crippen molar-refractivity contribution in [3.63, 3.8) is 0 Å². The molecule has 36 heavy (non-hydrogen) atoms. The summed E-state index contributed by atoms with van der Waals surface area (Å²) in [5.74, 6) is -0.439. The van der Waals surface area contributed by atoms with Gasteiger partial charge in [-0.05, 0) is 53.7 Å². The number of nitro benzene ring substituents is 2. The van der Waals surface area contributed by atoms with Gasteiger partial charge in [-0.25, -0.2) is 0 Å². The summed E-state index contributed by atoms with van der Waals surface area (Å²) in [5, 5.41) is 22.4. The minimum absolute atomic E-state index is 0.0681. The molecular weight excluding hydrogens is 533 g/mol. The number of hydrogen-bond donors (Lipinski definition) is 0. The van der Waals surface area contributed by atoms with Gasteiger partial charge in [-0.1, -0.05) is 41.4 Å². The number of carbonyl (C=O) groups excluding carboxylic acids is 2. The monoisotopic (exact) mass is 545 g/mol. The van der Waals surface area contributed by atoms with Crippen molar-refractivity contribution in [3.05, 3.63) is 107 Å². The number of halogens is 2. The SMILES string of the molecule is O=C1S/C(=C\c2ccc(Oc3ccc([N+](=O)[O-])cc3[N+](=O)[O-])cc2)C(=O)N1Cc1c(Cl)cccc1Cl. The van der Waals surface area contributed by atoms with Crippen LogP contribution in [0.3, 0.4) is 0 Å². The normalized spacial score (nSPS) is 14.4. The van der Waals surface area contributed by atoms with Gasteiger partial charge in [-0.15, -0.1) is 0 Å². The molecule has 0 bridgehead atoms. The van der Waals surface area contributed by atoms with E-state index in [-0.39, 0.29) is 22.9 Å². The summed E-state index contributed by atoms with van der Waals surface area (Å²) in [6.07, 6.45) is 1.53. The second kappa shape index (κ2) is 10.4. The van der Waals surface area contributed by atoms with Crippen molar-refractivity contribution >= 4 is 63.6 Å². The Morgan fingerprint density at radius 1 is 0.944 bits per heavy atom. The maximum Gasteiger partial charge on any atom is 0.318 e. The van der Waals surface area contributed by atoms with E-state index >= 15 is 0 Å². The van der Waals surface area contributed by atoms with E-state index in [4.69, 9.17) is 27.9 Å². The molecule has 0 aliphatic carbocycles. The molecule has 0 aromatic heterocycles. The molecule has 1 saturated heterocycles. The molecule has 4 rings (SSSR count). The maximum atomic E-state index is 12.8. The minimum atomic E-state index is -0.775. The van der Waals surface area contributed by atoms with Crippen LogP contribution in [0.15, 0.2) is 65.6 Å². The number of rotatable bonds is 7. The van der Waals surface area contributed by atoms with Gasteiger partial charge >= 0.3 is 5.69 Å². The summed E-state index contributed by atoms with van der Waals surface area (Å²) in [6.45, 7) is -0.0681. The zero-order chi connectivity index (χ0) is 26.0. The zero-order valence-electron chi connectivity index (χ0n) is 17.9. The van der Waals surface area contributed by atoms with Crippen molar-refractivity contribution in [2.24, 2.45) is 0 Å². The highest BCUT2D eigenvalue weighted by Gasteiger charge is 2.35. The predicted octanol–water partition coefficient (Wildman–Crippen LogP) is 6.84. The fraction of sp³-hybridized carbons (Fsp3) is 0.0435. The number of benzene rings is 3. The number of hydrogen-bond acceptors (Lipinski definition) is 8. The van der Waals surface area contributed by atoms with Crippen molar-refractivity contribution < 1.29 is 24.2 Å². The smallest absolute Gasteiger partial charge is 0.318 e. The Kier molecular flexibility index (Phi) is 7.25. The summed E-state index contributed by atoms with van der Waals surface area (Å²) in [5.41, 5.74) is 0.0452. The standard InChI is InChI=1S/C23H13Cl2N3O7S/c24-17-2-1-3-18(25)16(17)12-26-22(29)21(36-23(26)30)10-13-4-7-15(8-5-13)35-20-9-6-14(27(31)32)11-19(20)28(33)34/h1-11H,12H2/b21-10-. The fourth-order valence-corrected chi connectivity index (χ4v) is 4.59. The van der Waals surface area contributed by atoms with Gasteiger partial charge in [0.2, 0.25) is 5.75 Å². The lowest BCUT2D eigenvalue weighted by atomic mass is 10.2. The molecule has 0 N–H and O–H groups in total. The average molecular weight is 546 g/mol. The second-order valence-corrected chi connectivity index (χ2v) is 9.11. The molecule has 13 heteroatoms. The van der Waals surface area contributed by atoms with Crippen LogP contribution in [0, 0.1) is 20.2 Å². The number of imide groups is 1. The molecular formula is C23H13Cl2N3O7S. The number of carbonyl (C=O) groups is 2. The topological polar surface area (TPSA) is 133 Å². The Morgan fingerprint density at radius 3 is 2.22 bits per heavy atom. The molecule has 1 fully saturated rings. The Labute approximate surface area is 217 Å². The quantitative estimate of drug-likeness (QED) is 0.179. The second-order valence-electron chi connectivity index (χ2n) is 7.31. The number of nitrogens with zero attached hydrogens (tertiary/aromatic N) is 3. The molecule has 1 heterocycles. The molecule has 1 aliphatic heterocycles. The Hall–Kier alpha value is -3.93. The lowest BCUT2D eigenvalue weighted by molar-refractivity contribution is -0.394. The molecule has 3 aromatic carbocycles. The Bertz CT molecular complexity index is 1420. The van der Waals surface area contributed by atoms with Gasteiger partial charge < -0.3 is 4.74 Å². The molecule has 0 spiro atoms. The van der Waals surface area contributed by atoms with E-state index in [0.717, 1.165) is 34.9 Å². The van der Waals surface area contributed by atoms with Crippen molar-refractivity contribution in [2.75, 3.05) is 0 Å². The van der Waals surface area contributed by atoms with Crippen LogP contribution in [0.4, 0.5) is 16.2 Å². The highest BCUT2D eigenvalue weighted by atomic mass is 35.5. The molecule has 0 atom stereocenters. The van der Waals surface area contributed by atoms with Gasteiger partial charge in [0.05, 0.1) is 27.4 Å². The number of ether oxygens (including phenoxy) is 1. The summed E-state index contributed by atoms with van der Waals surface area (Å²) in [7, 11) is 0. The number of non-ortho nitro benzene ring substituents is 1. The first kappa shape index (κ1) is 25.2. The van der Waals surface area contributed by atoms with Gasteiger partial charge in [0.25, 0.3) is 16.8 Å². The predicted molar refractivity (Wildman–Crippen MR) is 134 cm³/mol. The summed E-state index contributed by atoms with van der Waals surface area (Å²) in [6, 6.07) is 14.1. The molecule has 0 radical (unpaired) electrons. The molecule has 3 aromatic rings. The van der Waals surface area contributed by atoms with E-state index in [2.05, 4.69) is 0 Å². The van der Waals surface area contributed by atoms with Crippen LogP contribution in [0.2, 0.25) is 10.0 Å². The van der Waals surface area contributed by atoms with Crippen LogP contribution in [-0.2, 0) is 11.3 Å². The first-order chi connectivity index (χ1) is 17.1. The lowest BCUT2D eigenvalue weighted by Gasteiger charge is -2.14. The first-order valence-electron chi connectivity index (χ1n) is 10.0.